The molecule has 0 spiro atoms. The number of aromatic nitrogens is 6. The van der Waals surface area contributed by atoms with Crippen LogP contribution in [0.5, 0.6) is 0 Å². The molecule has 20 nitrogen and oxygen atoms in total. The van der Waals surface area contributed by atoms with E-state index in [1.54, 1.807) is 53.9 Å². The summed E-state index contributed by atoms with van der Waals surface area (Å²) in [6, 6.07) is 2.24. The highest BCUT2D eigenvalue weighted by atomic mass is 32.2. The van der Waals surface area contributed by atoms with Gasteiger partial charge >= 0.3 is 12.1 Å². The Labute approximate surface area is 396 Å². The number of ether oxygens (including phenoxy) is 2. The zero-order valence-electron chi connectivity index (χ0n) is 39.2. The summed E-state index contributed by atoms with van der Waals surface area (Å²) in [5.74, 6) is -0.451. The first-order valence-electron chi connectivity index (χ1n) is 21.8. The van der Waals surface area contributed by atoms with Crippen molar-refractivity contribution in [2.75, 3.05) is 49.3 Å². The van der Waals surface area contributed by atoms with Crippen LogP contribution in [0.15, 0.2) is 41.9 Å². The van der Waals surface area contributed by atoms with Crippen LogP contribution in [0.3, 0.4) is 0 Å². The first-order valence-corrected chi connectivity index (χ1v) is 23.0. The fourth-order valence-electron chi connectivity index (χ4n) is 7.00. The number of benzene rings is 2. The number of nitrogens with two attached hydrogens (primary N) is 2. The number of anilines is 3. The summed E-state index contributed by atoms with van der Waals surface area (Å²) >= 11 is 1.21. The van der Waals surface area contributed by atoms with Gasteiger partial charge in [0.05, 0.1) is 34.6 Å². The van der Waals surface area contributed by atoms with Gasteiger partial charge in [0.2, 0.25) is 11.9 Å². The Morgan fingerprint density at radius 1 is 0.838 bits per heavy atom. The molecule has 11 N–H and O–H groups in total. The van der Waals surface area contributed by atoms with Crippen molar-refractivity contribution in [2.24, 2.45) is 4.99 Å². The number of carbonyl (C=O) groups is 3. The fraction of sp³-hybridized carbons (Fsp3) is 0.444. The molecule has 0 radical (unpaired) electrons. The summed E-state index contributed by atoms with van der Waals surface area (Å²) in [5, 5.41) is 30.5. The maximum atomic E-state index is 15.7. The van der Waals surface area contributed by atoms with Gasteiger partial charge in [0.1, 0.15) is 22.8 Å². The van der Waals surface area contributed by atoms with E-state index in [0.29, 0.717) is 83.3 Å². The molecule has 0 bridgehead atoms. The monoisotopic (exact) mass is 963 g/mol. The molecule has 0 aliphatic carbocycles. The highest BCUT2D eigenvalue weighted by Gasteiger charge is 2.30. The molecule has 2 aliphatic rings. The maximum Gasteiger partial charge on any atom is 0.343 e. The van der Waals surface area contributed by atoms with Crippen molar-refractivity contribution in [1.29, 1.82) is 0 Å². The highest BCUT2D eigenvalue weighted by Crippen LogP contribution is 2.42. The van der Waals surface area contributed by atoms with Crippen molar-refractivity contribution in [1.82, 2.24) is 45.9 Å². The number of carbonyl (C=O) groups excluding carboxylic acids is 3. The van der Waals surface area contributed by atoms with Crippen LogP contribution in [-0.4, -0.2) is 95.8 Å². The number of thioether (sulfide) groups is 1. The van der Waals surface area contributed by atoms with Crippen LogP contribution >= 0.6 is 11.8 Å². The van der Waals surface area contributed by atoms with Gasteiger partial charge in [-0.15, -0.1) is 0 Å². The summed E-state index contributed by atoms with van der Waals surface area (Å²) in [4.78, 5) is 61.1. The van der Waals surface area contributed by atoms with Crippen LogP contribution in [0.4, 0.5) is 35.7 Å². The van der Waals surface area contributed by atoms with Gasteiger partial charge in [0.15, 0.2) is 16.8 Å². The molecule has 2 aliphatic heterocycles. The minimum absolute atomic E-state index is 0.213. The molecule has 2 aromatic carbocycles. The number of hydrogen-bond acceptors (Lipinski definition) is 15. The van der Waals surface area contributed by atoms with E-state index in [-0.39, 0.29) is 46.4 Å². The van der Waals surface area contributed by atoms with Gasteiger partial charge in [-0.3, -0.25) is 10.1 Å². The molecule has 5 aromatic rings. The number of imidazole rings is 1. The summed E-state index contributed by atoms with van der Waals surface area (Å²) in [6.07, 6.45) is 9.87. The summed E-state index contributed by atoms with van der Waals surface area (Å²) in [6.45, 7) is 13.4. The number of rotatable bonds is 9. The van der Waals surface area contributed by atoms with Gasteiger partial charge in [-0.1, -0.05) is 11.8 Å². The second-order valence-electron chi connectivity index (χ2n) is 16.6. The van der Waals surface area contributed by atoms with Gasteiger partial charge < -0.3 is 52.1 Å². The number of nitrogens with one attached hydrogen (secondary N) is 5. The van der Waals surface area contributed by atoms with E-state index in [9.17, 15) is 24.6 Å². The number of amidine groups is 1. The topological polar surface area (TPSA) is 303 Å². The molecular weight excluding hydrogens is 905 g/mol. The number of hydrogen-bond donors (Lipinski definition) is 9. The number of aliphatic imine (C=N–C) groups is 1. The Bertz CT molecular complexity index is 2590. The van der Waals surface area contributed by atoms with E-state index in [1.165, 1.54) is 49.5 Å². The second kappa shape index (κ2) is 23.1. The third kappa shape index (κ3) is 13.4. The van der Waals surface area contributed by atoms with Crippen molar-refractivity contribution >= 4 is 63.3 Å². The molecule has 68 heavy (non-hydrogen) atoms. The molecule has 23 heteroatoms. The maximum absolute atomic E-state index is 15.7. The Morgan fingerprint density at radius 2 is 1.34 bits per heavy atom. The smallest absolute Gasteiger partial charge is 0.343 e. The minimum atomic E-state index is -1.20. The number of nitrogens with zero attached hydrogens (tertiary/aromatic N) is 6. The van der Waals surface area contributed by atoms with Crippen LogP contribution in [0, 0.1) is 11.6 Å². The lowest BCUT2D eigenvalue weighted by Crippen LogP contribution is -2.28. The van der Waals surface area contributed by atoms with E-state index in [4.69, 9.17) is 20.9 Å². The largest absolute Gasteiger partial charge is 0.397 e. The molecule has 2 saturated heterocycles. The van der Waals surface area contributed by atoms with Crippen LogP contribution in [-0.2, 0) is 25.5 Å². The molecule has 2 unspecified atom stereocenters. The van der Waals surface area contributed by atoms with Crippen molar-refractivity contribution in [3.63, 3.8) is 0 Å². The minimum Gasteiger partial charge on any atom is -0.397 e. The first kappa shape index (κ1) is 52.6. The number of nitrogen functional groups attached to an aromatic ring is 2. The zero-order chi connectivity index (χ0) is 49.9. The Hall–Kier alpha value is -6.40. The van der Waals surface area contributed by atoms with E-state index in [2.05, 4.69) is 56.2 Å². The molecular formula is C45H59F2N13O7S. The van der Waals surface area contributed by atoms with E-state index >= 15 is 8.78 Å². The lowest BCUT2D eigenvalue weighted by molar-refractivity contribution is -0.117. The van der Waals surface area contributed by atoms with Gasteiger partial charge in [0.25, 0.3) is 0 Å². The predicted octanol–water partition coefficient (Wildman–Crippen LogP) is 6.48. The lowest BCUT2D eigenvalue weighted by atomic mass is 9.96. The molecule has 7 rings (SSSR count). The van der Waals surface area contributed by atoms with E-state index < -0.39 is 41.0 Å². The molecule has 3 aromatic heterocycles. The van der Waals surface area contributed by atoms with Crippen LogP contribution in [0.1, 0.15) is 109 Å². The third-order valence-electron chi connectivity index (χ3n) is 10.2. The number of urea groups is 2. The molecule has 5 amide bonds. The number of H-pyrrole nitrogens is 1. The highest BCUT2D eigenvalue weighted by molar-refractivity contribution is 8.13. The Morgan fingerprint density at radius 3 is 1.79 bits per heavy atom. The normalized spacial score (nSPS) is 16.0. The van der Waals surface area contributed by atoms with Gasteiger partial charge in [0, 0.05) is 91.4 Å². The summed E-state index contributed by atoms with van der Waals surface area (Å²) < 4.78 is 42.1. The second-order valence-corrected chi connectivity index (χ2v) is 17.4. The average molecular weight is 964 g/mol. The van der Waals surface area contributed by atoms with Gasteiger partial charge in [-0.05, 0) is 85.6 Å². The average Bonchev–Trinajstić information content (AvgIpc) is 4.09. The molecule has 0 saturated carbocycles. The van der Waals surface area contributed by atoms with Crippen molar-refractivity contribution in [3.05, 3.63) is 71.3 Å². The number of amides is 5. The first-order chi connectivity index (χ1) is 32.2. The molecule has 2 fully saturated rings. The van der Waals surface area contributed by atoms with Crippen molar-refractivity contribution in [3.8, 4) is 22.3 Å². The van der Waals surface area contributed by atoms with Gasteiger partial charge in [-0.25, -0.2) is 43.3 Å². The Balaban J connectivity index is 0.000000207. The quantitative estimate of drug-likeness (QED) is 0.0434. The standard InChI is InChI=1S/C21H25FN6O3.C17H21FN4O2.C7H13N3O2S/c1-4-23-20(29)28-19-26-13-8-12(11-9-24-18(25-10-11)21(2,3)30)16(22)15(17(13)27-19)14-6-5-7-31-14;1-17(2,23)16-21-7-9(8-22-16)10-6-11(19)15(20)13(14(10)18)12-4-3-5-24-12;1-4-8-6(12)10-7(13-3)9-5(2)11/h8-10,14,30H,4-7H2,1-3H3,(H3,23,26,27,28,29);6-8,12,23H,3-5,19-20H2,1-2H3;4H2,1-3H3,(H2,8,9,10,11,12). The van der Waals surface area contributed by atoms with Crippen LogP contribution in [0.25, 0.3) is 33.3 Å². The van der Waals surface area contributed by atoms with Crippen molar-refractivity contribution in [2.45, 2.75) is 97.6 Å². The number of aliphatic hydroxyl groups is 2. The van der Waals surface area contributed by atoms with Crippen LogP contribution in [0.2, 0.25) is 0 Å². The SMILES string of the molecule is CC(C)(O)c1ncc(-c2cc(N)c(N)c(C3CCCO3)c2F)cn1.CCNC(=O)N=C(NC(C)=O)SC.CCNC(=O)Nc1nc2c(C3CCCO3)c(F)c(-c3cnc(C(C)(C)O)nc3)cc2[nH]1. The zero-order valence-corrected chi connectivity index (χ0v) is 40.0. The number of halogens is 2. The number of fused-ring (bicyclic) bond motifs is 1. The fourth-order valence-corrected chi connectivity index (χ4v) is 7.42. The third-order valence-corrected chi connectivity index (χ3v) is 10.8. The molecule has 2 atom stereocenters. The van der Waals surface area contributed by atoms with Crippen LogP contribution < -0.4 is 32.7 Å². The van der Waals surface area contributed by atoms with E-state index in [0.717, 1.165) is 12.8 Å². The Kier molecular flexibility index (Phi) is 17.8. The molecule has 5 heterocycles. The number of aromatic amines is 1. The molecule has 366 valence electrons. The van der Waals surface area contributed by atoms with Gasteiger partial charge in [-0.2, -0.15) is 4.99 Å². The lowest BCUT2D eigenvalue weighted by Gasteiger charge is -2.19. The summed E-state index contributed by atoms with van der Waals surface area (Å²) in [5.41, 5.74) is 13.2. The van der Waals surface area contributed by atoms with Crippen molar-refractivity contribution < 1.29 is 42.9 Å². The van der Waals surface area contributed by atoms with E-state index in [1.807, 2.05) is 0 Å². The predicted molar refractivity (Wildman–Crippen MR) is 256 cm³/mol. The summed E-state index contributed by atoms with van der Waals surface area (Å²) in [7, 11) is 0.